The highest BCUT2D eigenvalue weighted by Gasteiger charge is 2.09. The Balaban J connectivity index is 1.67. The first-order chi connectivity index (χ1) is 12.0. The summed E-state index contributed by atoms with van der Waals surface area (Å²) in [6.45, 7) is 0. The first kappa shape index (κ1) is 17.2. The zero-order chi connectivity index (χ0) is 17.8. The van der Waals surface area contributed by atoms with Crippen molar-refractivity contribution in [3.05, 3.63) is 82.2 Å². The van der Waals surface area contributed by atoms with Gasteiger partial charge >= 0.3 is 0 Å². The molecule has 7 heteroatoms. The fraction of sp³-hybridized carbons (Fsp3) is 0. The number of carbonyl (C=O) groups is 1. The van der Waals surface area contributed by atoms with Gasteiger partial charge in [0, 0.05) is 11.3 Å². The van der Waals surface area contributed by atoms with Crippen molar-refractivity contribution >= 4 is 46.3 Å². The van der Waals surface area contributed by atoms with E-state index in [9.17, 15) is 9.18 Å². The molecule has 1 heterocycles. The van der Waals surface area contributed by atoms with Gasteiger partial charge in [0.25, 0.3) is 5.91 Å². The van der Waals surface area contributed by atoms with Gasteiger partial charge in [-0.1, -0.05) is 29.3 Å². The van der Waals surface area contributed by atoms with Gasteiger partial charge < -0.3 is 10.6 Å². The number of benzene rings is 2. The Bertz CT molecular complexity index is 916. The molecule has 0 spiro atoms. The molecule has 0 radical (unpaired) electrons. The minimum atomic E-state index is -0.337. The van der Waals surface area contributed by atoms with Crippen LogP contribution in [0, 0.1) is 5.82 Å². The topological polar surface area (TPSA) is 54.0 Å². The van der Waals surface area contributed by atoms with Crippen molar-refractivity contribution in [1.29, 1.82) is 0 Å². The smallest absolute Gasteiger partial charge is 0.255 e. The molecule has 126 valence electrons. The third kappa shape index (κ3) is 4.47. The van der Waals surface area contributed by atoms with E-state index in [-0.39, 0.29) is 11.7 Å². The van der Waals surface area contributed by atoms with Crippen molar-refractivity contribution in [3.63, 3.8) is 0 Å². The van der Waals surface area contributed by atoms with Crippen molar-refractivity contribution < 1.29 is 9.18 Å². The second-order valence-corrected chi connectivity index (χ2v) is 5.96. The Hall–Kier alpha value is -2.63. The lowest BCUT2D eigenvalue weighted by Crippen LogP contribution is -2.12. The number of hydrogen-bond acceptors (Lipinski definition) is 3. The lowest BCUT2D eigenvalue weighted by molar-refractivity contribution is 0.102. The Morgan fingerprint density at radius 1 is 0.960 bits per heavy atom. The van der Waals surface area contributed by atoms with Gasteiger partial charge in [-0.15, -0.1) is 0 Å². The molecule has 0 aliphatic carbocycles. The third-order valence-electron chi connectivity index (χ3n) is 3.30. The van der Waals surface area contributed by atoms with Crippen molar-refractivity contribution in [2.24, 2.45) is 0 Å². The maximum Gasteiger partial charge on any atom is 0.255 e. The molecule has 0 saturated heterocycles. The average molecular weight is 376 g/mol. The second-order valence-electron chi connectivity index (χ2n) is 5.15. The third-order valence-corrected chi connectivity index (χ3v) is 4.04. The van der Waals surface area contributed by atoms with E-state index in [0.717, 1.165) is 0 Å². The molecule has 4 nitrogen and oxygen atoms in total. The van der Waals surface area contributed by atoms with Gasteiger partial charge in [-0.25, -0.2) is 9.37 Å². The van der Waals surface area contributed by atoms with Crippen LogP contribution < -0.4 is 10.6 Å². The largest absolute Gasteiger partial charge is 0.340 e. The first-order valence-corrected chi connectivity index (χ1v) is 8.02. The van der Waals surface area contributed by atoms with E-state index in [2.05, 4.69) is 15.6 Å². The zero-order valence-electron chi connectivity index (χ0n) is 12.8. The van der Waals surface area contributed by atoms with Crippen LogP contribution in [0.1, 0.15) is 10.4 Å². The van der Waals surface area contributed by atoms with E-state index in [0.29, 0.717) is 32.8 Å². The average Bonchev–Trinajstić information content (AvgIpc) is 2.59. The molecule has 3 rings (SSSR count). The second kappa shape index (κ2) is 7.51. The molecule has 2 aromatic carbocycles. The number of nitrogens with one attached hydrogen (secondary N) is 2. The van der Waals surface area contributed by atoms with Crippen molar-refractivity contribution in [3.8, 4) is 0 Å². The number of rotatable bonds is 4. The van der Waals surface area contributed by atoms with Crippen molar-refractivity contribution in [2.75, 3.05) is 10.6 Å². The summed E-state index contributed by atoms with van der Waals surface area (Å²) in [6.07, 6.45) is 1.50. The summed E-state index contributed by atoms with van der Waals surface area (Å²) in [5.74, 6) is -0.139. The molecule has 3 aromatic rings. The number of aromatic nitrogens is 1. The van der Waals surface area contributed by atoms with Crippen molar-refractivity contribution in [1.82, 2.24) is 4.98 Å². The molecular formula is C18H12Cl2FN3O. The number of nitrogens with zero attached hydrogens (tertiary/aromatic N) is 1. The Kier molecular flexibility index (Phi) is 5.16. The van der Waals surface area contributed by atoms with Crippen LogP contribution in [0.3, 0.4) is 0 Å². The summed E-state index contributed by atoms with van der Waals surface area (Å²) >= 11 is 11.7. The van der Waals surface area contributed by atoms with Crippen LogP contribution in [0.25, 0.3) is 0 Å². The molecule has 25 heavy (non-hydrogen) atoms. The zero-order valence-corrected chi connectivity index (χ0v) is 14.3. The van der Waals surface area contributed by atoms with Crippen LogP contribution >= 0.6 is 23.2 Å². The lowest BCUT2D eigenvalue weighted by Gasteiger charge is -2.08. The van der Waals surface area contributed by atoms with Crippen LogP contribution in [0.5, 0.6) is 0 Å². The lowest BCUT2D eigenvalue weighted by atomic mass is 10.2. The van der Waals surface area contributed by atoms with Crippen molar-refractivity contribution in [2.45, 2.75) is 0 Å². The van der Waals surface area contributed by atoms with Gasteiger partial charge in [0.2, 0.25) is 0 Å². The van der Waals surface area contributed by atoms with Gasteiger partial charge in [0.15, 0.2) is 0 Å². The SMILES string of the molecule is O=C(Nc1ccc(Nc2cccc(F)c2)nc1)c1ccc(Cl)c(Cl)c1. The summed E-state index contributed by atoms with van der Waals surface area (Å²) in [7, 11) is 0. The number of amides is 1. The summed E-state index contributed by atoms with van der Waals surface area (Å²) in [6, 6.07) is 14.0. The predicted octanol–water partition coefficient (Wildman–Crippen LogP) is 5.52. The Labute approximate surface area is 153 Å². The molecule has 0 fully saturated rings. The molecular weight excluding hydrogens is 364 g/mol. The standard InChI is InChI=1S/C18H12Cl2FN3O/c19-15-6-4-11(8-16(15)20)18(25)24-14-5-7-17(22-10-14)23-13-3-1-2-12(21)9-13/h1-10H,(H,22,23)(H,24,25). The fourth-order valence-electron chi connectivity index (χ4n) is 2.10. The molecule has 0 aliphatic rings. The van der Waals surface area contributed by atoms with Gasteiger partial charge in [0.1, 0.15) is 11.6 Å². The summed E-state index contributed by atoms with van der Waals surface area (Å²) in [5.41, 5.74) is 1.48. The highest BCUT2D eigenvalue weighted by molar-refractivity contribution is 6.42. The van der Waals surface area contributed by atoms with E-state index in [1.807, 2.05) is 0 Å². The fourth-order valence-corrected chi connectivity index (χ4v) is 2.39. The van der Waals surface area contributed by atoms with E-state index >= 15 is 0 Å². The number of anilines is 3. The summed E-state index contributed by atoms with van der Waals surface area (Å²) < 4.78 is 13.2. The Morgan fingerprint density at radius 3 is 2.48 bits per heavy atom. The van der Waals surface area contributed by atoms with Crippen LogP contribution in [-0.4, -0.2) is 10.9 Å². The maximum absolute atomic E-state index is 13.2. The van der Waals surface area contributed by atoms with Crippen LogP contribution in [0.2, 0.25) is 10.0 Å². The first-order valence-electron chi connectivity index (χ1n) is 7.26. The minimum Gasteiger partial charge on any atom is -0.340 e. The molecule has 1 amide bonds. The summed E-state index contributed by atoms with van der Waals surface area (Å²) in [4.78, 5) is 16.4. The number of pyridine rings is 1. The quantitative estimate of drug-likeness (QED) is 0.630. The maximum atomic E-state index is 13.2. The molecule has 0 saturated carbocycles. The van der Waals surface area contributed by atoms with Crippen LogP contribution in [0.15, 0.2) is 60.8 Å². The minimum absolute atomic E-state index is 0.307. The van der Waals surface area contributed by atoms with Gasteiger partial charge in [-0.05, 0) is 48.5 Å². The molecule has 0 aliphatic heterocycles. The van der Waals surface area contributed by atoms with E-state index < -0.39 is 0 Å². The van der Waals surface area contributed by atoms with Crippen LogP contribution in [-0.2, 0) is 0 Å². The number of halogens is 3. The highest BCUT2D eigenvalue weighted by Crippen LogP contribution is 2.23. The molecule has 1 aromatic heterocycles. The van der Waals surface area contributed by atoms with E-state index in [1.54, 1.807) is 36.4 Å². The van der Waals surface area contributed by atoms with Gasteiger partial charge in [-0.2, -0.15) is 0 Å². The monoisotopic (exact) mass is 375 g/mol. The highest BCUT2D eigenvalue weighted by atomic mass is 35.5. The normalized spacial score (nSPS) is 10.4. The number of carbonyl (C=O) groups excluding carboxylic acids is 1. The molecule has 0 unspecified atom stereocenters. The molecule has 0 atom stereocenters. The van der Waals surface area contributed by atoms with E-state index in [1.165, 1.54) is 24.4 Å². The van der Waals surface area contributed by atoms with Gasteiger partial charge in [0.05, 0.1) is 21.9 Å². The molecule has 2 N–H and O–H groups in total. The summed E-state index contributed by atoms with van der Waals surface area (Å²) in [5, 5.41) is 6.38. The van der Waals surface area contributed by atoms with Gasteiger partial charge in [-0.3, -0.25) is 4.79 Å². The number of hydrogen-bond donors (Lipinski definition) is 2. The van der Waals surface area contributed by atoms with E-state index in [4.69, 9.17) is 23.2 Å². The predicted molar refractivity (Wildman–Crippen MR) is 98.3 cm³/mol. The van der Waals surface area contributed by atoms with Crippen LogP contribution in [0.4, 0.5) is 21.6 Å². The molecule has 0 bridgehead atoms. The Morgan fingerprint density at radius 2 is 1.80 bits per heavy atom.